The quantitative estimate of drug-likeness (QED) is 0.774. The van der Waals surface area contributed by atoms with Crippen LogP contribution in [0.1, 0.15) is 40.3 Å². The number of hydrogen-bond donors (Lipinski definition) is 0. The summed E-state index contributed by atoms with van der Waals surface area (Å²) in [6.07, 6.45) is 3.57. The molecule has 1 aromatic carbocycles. The predicted molar refractivity (Wildman–Crippen MR) is 71.9 cm³/mol. The first-order valence-electron chi connectivity index (χ1n) is 6.11. The van der Waals surface area contributed by atoms with Gasteiger partial charge in [-0.1, -0.05) is 17.7 Å². The lowest BCUT2D eigenvalue weighted by Crippen LogP contribution is -2.18. The van der Waals surface area contributed by atoms with Crippen molar-refractivity contribution < 1.29 is 4.79 Å². The normalized spacial score (nSPS) is 12.4. The third kappa shape index (κ3) is 2.21. The standard InChI is InChI=1S/C15H18N2O/c1-10-5-6-11(2)14(9-10)15(18)12(3)17-8-7-16-13(17)4/h5-9,12H,1-4H3. The van der Waals surface area contributed by atoms with E-state index in [1.165, 1.54) is 0 Å². The molecule has 0 aliphatic rings. The van der Waals surface area contributed by atoms with Crippen molar-refractivity contribution in [3.05, 3.63) is 53.1 Å². The highest BCUT2D eigenvalue weighted by molar-refractivity contribution is 6.00. The summed E-state index contributed by atoms with van der Waals surface area (Å²) in [6, 6.07) is 5.77. The van der Waals surface area contributed by atoms with Gasteiger partial charge < -0.3 is 4.57 Å². The van der Waals surface area contributed by atoms with Crippen molar-refractivity contribution in [2.45, 2.75) is 33.7 Å². The monoisotopic (exact) mass is 242 g/mol. The summed E-state index contributed by atoms with van der Waals surface area (Å²) in [6.45, 7) is 7.80. The molecule has 0 radical (unpaired) electrons. The van der Waals surface area contributed by atoms with Crippen molar-refractivity contribution in [3.8, 4) is 0 Å². The Labute approximate surface area is 107 Å². The van der Waals surface area contributed by atoms with E-state index in [-0.39, 0.29) is 11.8 Å². The lowest BCUT2D eigenvalue weighted by atomic mass is 9.98. The molecule has 1 atom stereocenters. The Morgan fingerprint density at radius 1 is 1.28 bits per heavy atom. The first kappa shape index (κ1) is 12.6. The third-order valence-electron chi connectivity index (χ3n) is 3.32. The number of hydrogen-bond acceptors (Lipinski definition) is 2. The minimum absolute atomic E-state index is 0.136. The van der Waals surface area contributed by atoms with Gasteiger partial charge in [0.1, 0.15) is 5.82 Å². The molecule has 94 valence electrons. The summed E-state index contributed by atoms with van der Waals surface area (Å²) >= 11 is 0. The molecule has 1 aromatic heterocycles. The lowest BCUT2D eigenvalue weighted by molar-refractivity contribution is 0.0933. The summed E-state index contributed by atoms with van der Waals surface area (Å²) in [4.78, 5) is 16.7. The van der Waals surface area contributed by atoms with Gasteiger partial charge in [0.25, 0.3) is 0 Å². The van der Waals surface area contributed by atoms with Crippen molar-refractivity contribution in [1.82, 2.24) is 9.55 Å². The minimum Gasteiger partial charge on any atom is -0.325 e. The summed E-state index contributed by atoms with van der Waals surface area (Å²) in [7, 11) is 0. The number of imidazole rings is 1. The Morgan fingerprint density at radius 2 is 2.00 bits per heavy atom. The van der Waals surface area contributed by atoms with E-state index in [2.05, 4.69) is 4.98 Å². The second-order valence-electron chi connectivity index (χ2n) is 4.74. The van der Waals surface area contributed by atoms with Gasteiger partial charge in [0.2, 0.25) is 0 Å². The number of nitrogens with zero attached hydrogens (tertiary/aromatic N) is 2. The highest BCUT2D eigenvalue weighted by Gasteiger charge is 2.19. The van der Waals surface area contributed by atoms with Crippen LogP contribution in [0.2, 0.25) is 0 Å². The van der Waals surface area contributed by atoms with Crippen LogP contribution in [-0.2, 0) is 0 Å². The van der Waals surface area contributed by atoms with E-state index in [0.29, 0.717) is 0 Å². The van der Waals surface area contributed by atoms with E-state index >= 15 is 0 Å². The highest BCUT2D eigenvalue weighted by atomic mass is 16.1. The molecule has 0 aliphatic carbocycles. The van der Waals surface area contributed by atoms with Gasteiger partial charge in [0, 0.05) is 18.0 Å². The molecule has 2 rings (SSSR count). The zero-order valence-corrected chi connectivity index (χ0v) is 11.3. The van der Waals surface area contributed by atoms with Gasteiger partial charge in [-0.25, -0.2) is 4.98 Å². The fraction of sp³-hybridized carbons (Fsp3) is 0.333. The fourth-order valence-electron chi connectivity index (χ4n) is 2.15. The third-order valence-corrected chi connectivity index (χ3v) is 3.32. The summed E-state index contributed by atoms with van der Waals surface area (Å²) in [5.41, 5.74) is 2.93. The van der Waals surface area contributed by atoms with Gasteiger partial charge in [-0.15, -0.1) is 0 Å². The summed E-state index contributed by atoms with van der Waals surface area (Å²) < 4.78 is 1.91. The van der Waals surface area contributed by atoms with Crippen LogP contribution in [0.5, 0.6) is 0 Å². The number of carbonyl (C=O) groups excluding carboxylic acids is 1. The zero-order chi connectivity index (χ0) is 13.3. The molecule has 0 saturated carbocycles. The first-order valence-corrected chi connectivity index (χ1v) is 6.11. The molecule has 3 heteroatoms. The molecule has 0 bridgehead atoms. The Balaban J connectivity index is 2.37. The van der Waals surface area contributed by atoms with Gasteiger partial charge in [-0.3, -0.25) is 4.79 Å². The van der Waals surface area contributed by atoms with Crippen LogP contribution >= 0.6 is 0 Å². The van der Waals surface area contributed by atoms with Gasteiger partial charge >= 0.3 is 0 Å². The van der Waals surface area contributed by atoms with Crippen LogP contribution in [0, 0.1) is 20.8 Å². The molecule has 1 heterocycles. The zero-order valence-electron chi connectivity index (χ0n) is 11.3. The number of ketones is 1. The molecule has 0 amide bonds. The van der Waals surface area contributed by atoms with Gasteiger partial charge in [0.15, 0.2) is 5.78 Å². The molecule has 18 heavy (non-hydrogen) atoms. The van der Waals surface area contributed by atoms with Gasteiger partial charge in [0.05, 0.1) is 6.04 Å². The molecule has 0 aliphatic heterocycles. The second-order valence-corrected chi connectivity index (χ2v) is 4.74. The van der Waals surface area contributed by atoms with E-state index in [4.69, 9.17) is 0 Å². The maximum Gasteiger partial charge on any atom is 0.185 e. The maximum absolute atomic E-state index is 12.5. The minimum atomic E-state index is -0.215. The van der Waals surface area contributed by atoms with Crippen molar-refractivity contribution in [2.75, 3.05) is 0 Å². The Morgan fingerprint density at radius 3 is 2.61 bits per heavy atom. The average Bonchev–Trinajstić information content (AvgIpc) is 2.77. The number of rotatable bonds is 3. The average molecular weight is 242 g/mol. The molecular formula is C15H18N2O. The van der Waals surface area contributed by atoms with E-state index in [1.54, 1.807) is 6.20 Å². The van der Waals surface area contributed by atoms with E-state index < -0.39 is 0 Å². The number of Topliss-reactive ketones (excluding diaryl/α,β-unsaturated/α-hetero) is 1. The van der Waals surface area contributed by atoms with Crippen molar-refractivity contribution in [1.29, 1.82) is 0 Å². The van der Waals surface area contributed by atoms with Crippen LogP contribution in [-0.4, -0.2) is 15.3 Å². The van der Waals surface area contributed by atoms with Gasteiger partial charge in [-0.2, -0.15) is 0 Å². The van der Waals surface area contributed by atoms with Crippen LogP contribution in [0.3, 0.4) is 0 Å². The molecular weight excluding hydrogens is 224 g/mol. The SMILES string of the molecule is Cc1ccc(C)c(C(=O)C(C)n2ccnc2C)c1. The van der Waals surface area contributed by atoms with Crippen molar-refractivity contribution >= 4 is 5.78 Å². The molecule has 0 N–H and O–H groups in total. The Hall–Kier alpha value is -1.90. The lowest BCUT2D eigenvalue weighted by Gasteiger charge is -2.15. The van der Waals surface area contributed by atoms with E-state index in [1.807, 2.05) is 56.7 Å². The highest BCUT2D eigenvalue weighted by Crippen LogP contribution is 2.19. The van der Waals surface area contributed by atoms with Crippen molar-refractivity contribution in [2.24, 2.45) is 0 Å². The topological polar surface area (TPSA) is 34.9 Å². The van der Waals surface area contributed by atoms with E-state index in [0.717, 1.165) is 22.5 Å². The van der Waals surface area contributed by atoms with Crippen LogP contribution < -0.4 is 0 Å². The molecule has 0 spiro atoms. The summed E-state index contributed by atoms with van der Waals surface area (Å²) in [5, 5.41) is 0. The Kier molecular flexibility index (Phi) is 3.32. The fourth-order valence-corrected chi connectivity index (χ4v) is 2.15. The second kappa shape index (κ2) is 4.77. The van der Waals surface area contributed by atoms with Gasteiger partial charge in [-0.05, 0) is 39.3 Å². The number of aryl methyl sites for hydroxylation is 3. The maximum atomic E-state index is 12.5. The predicted octanol–water partition coefficient (Wildman–Crippen LogP) is 3.25. The van der Waals surface area contributed by atoms with Crippen molar-refractivity contribution in [3.63, 3.8) is 0 Å². The van der Waals surface area contributed by atoms with Crippen LogP contribution in [0.15, 0.2) is 30.6 Å². The number of aromatic nitrogens is 2. The first-order chi connectivity index (χ1) is 8.50. The molecule has 2 aromatic rings. The van der Waals surface area contributed by atoms with Crippen LogP contribution in [0.25, 0.3) is 0 Å². The van der Waals surface area contributed by atoms with E-state index in [9.17, 15) is 4.79 Å². The number of benzene rings is 1. The van der Waals surface area contributed by atoms with Crippen LogP contribution in [0.4, 0.5) is 0 Å². The molecule has 1 unspecified atom stereocenters. The summed E-state index contributed by atoms with van der Waals surface area (Å²) in [5.74, 6) is 0.999. The smallest absolute Gasteiger partial charge is 0.185 e. The molecule has 3 nitrogen and oxygen atoms in total. The Bertz CT molecular complexity index is 584. The number of carbonyl (C=O) groups is 1. The molecule has 0 saturated heterocycles. The molecule has 0 fully saturated rings. The largest absolute Gasteiger partial charge is 0.325 e.